The standard InChI is InChI=1S/C16H23NO2/c1-6-7-10-19-15-11-14(18-5)9-8-13(15)12-17-16(2,3)4/h1,8-9,11,17H,7,10,12H2,2-5H3. The number of rotatable bonds is 6. The van der Waals surface area contributed by atoms with E-state index in [1.807, 2.05) is 18.2 Å². The maximum absolute atomic E-state index is 5.72. The molecule has 1 aromatic rings. The monoisotopic (exact) mass is 261 g/mol. The van der Waals surface area contributed by atoms with E-state index in [-0.39, 0.29) is 5.54 Å². The summed E-state index contributed by atoms with van der Waals surface area (Å²) >= 11 is 0. The fourth-order valence-corrected chi connectivity index (χ4v) is 1.52. The lowest BCUT2D eigenvalue weighted by atomic mass is 10.1. The van der Waals surface area contributed by atoms with E-state index in [2.05, 4.69) is 32.0 Å². The summed E-state index contributed by atoms with van der Waals surface area (Å²) in [4.78, 5) is 0. The van der Waals surface area contributed by atoms with Crippen LogP contribution in [0.2, 0.25) is 0 Å². The molecule has 0 aromatic heterocycles. The normalized spacial score (nSPS) is 10.9. The van der Waals surface area contributed by atoms with Gasteiger partial charge in [-0.05, 0) is 26.8 Å². The minimum Gasteiger partial charge on any atom is -0.497 e. The maximum atomic E-state index is 5.72. The van der Waals surface area contributed by atoms with Crippen molar-refractivity contribution in [1.82, 2.24) is 5.32 Å². The number of benzene rings is 1. The fourth-order valence-electron chi connectivity index (χ4n) is 1.52. The summed E-state index contributed by atoms with van der Waals surface area (Å²) in [5.41, 5.74) is 1.17. The Hall–Kier alpha value is -1.66. The smallest absolute Gasteiger partial charge is 0.127 e. The highest BCUT2D eigenvalue weighted by Gasteiger charge is 2.11. The zero-order valence-electron chi connectivity index (χ0n) is 12.2. The van der Waals surface area contributed by atoms with Gasteiger partial charge in [0, 0.05) is 30.1 Å². The van der Waals surface area contributed by atoms with Crippen LogP contribution in [-0.4, -0.2) is 19.3 Å². The molecule has 0 atom stereocenters. The van der Waals surface area contributed by atoms with Gasteiger partial charge in [-0.2, -0.15) is 0 Å². The van der Waals surface area contributed by atoms with Gasteiger partial charge in [0.1, 0.15) is 11.5 Å². The summed E-state index contributed by atoms with van der Waals surface area (Å²) in [6.07, 6.45) is 5.84. The summed E-state index contributed by atoms with van der Waals surface area (Å²) in [6, 6.07) is 5.85. The Bertz CT molecular complexity index is 441. The van der Waals surface area contributed by atoms with Gasteiger partial charge in [0.25, 0.3) is 0 Å². The number of hydrogen-bond donors (Lipinski definition) is 1. The first-order valence-electron chi connectivity index (χ1n) is 6.44. The molecule has 0 heterocycles. The predicted molar refractivity (Wildman–Crippen MR) is 78.5 cm³/mol. The van der Waals surface area contributed by atoms with Crippen LogP contribution < -0.4 is 14.8 Å². The highest BCUT2D eigenvalue weighted by Crippen LogP contribution is 2.25. The first-order valence-corrected chi connectivity index (χ1v) is 6.44. The first-order chi connectivity index (χ1) is 8.96. The molecule has 3 heteroatoms. The topological polar surface area (TPSA) is 30.5 Å². The van der Waals surface area contributed by atoms with Crippen molar-refractivity contribution in [3.8, 4) is 23.8 Å². The van der Waals surface area contributed by atoms with Gasteiger partial charge < -0.3 is 14.8 Å². The second-order valence-electron chi connectivity index (χ2n) is 5.38. The third-order valence-corrected chi connectivity index (χ3v) is 2.59. The van der Waals surface area contributed by atoms with Crippen LogP contribution in [0.5, 0.6) is 11.5 Å². The lowest BCUT2D eigenvalue weighted by molar-refractivity contribution is 0.317. The molecule has 0 aliphatic heterocycles. The number of terminal acetylenes is 1. The molecule has 0 spiro atoms. The molecule has 3 nitrogen and oxygen atoms in total. The third kappa shape index (κ3) is 5.67. The summed E-state index contributed by atoms with van der Waals surface area (Å²) in [5, 5.41) is 3.45. The number of ether oxygens (including phenoxy) is 2. The van der Waals surface area contributed by atoms with E-state index in [1.165, 1.54) is 0 Å². The van der Waals surface area contributed by atoms with Crippen molar-refractivity contribution in [2.75, 3.05) is 13.7 Å². The number of nitrogens with one attached hydrogen (secondary N) is 1. The molecule has 0 saturated carbocycles. The van der Waals surface area contributed by atoms with Gasteiger partial charge >= 0.3 is 0 Å². The van der Waals surface area contributed by atoms with Gasteiger partial charge in [-0.15, -0.1) is 12.3 Å². The Kier molecular flexibility index (Phi) is 5.72. The van der Waals surface area contributed by atoms with E-state index in [9.17, 15) is 0 Å². The summed E-state index contributed by atoms with van der Waals surface area (Å²) in [5.74, 6) is 4.18. The molecule has 0 saturated heterocycles. The Morgan fingerprint density at radius 3 is 2.63 bits per heavy atom. The molecule has 0 unspecified atom stereocenters. The van der Waals surface area contributed by atoms with Crippen molar-refractivity contribution in [1.29, 1.82) is 0 Å². The van der Waals surface area contributed by atoms with Gasteiger partial charge in [0.15, 0.2) is 0 Å². The number of methoxy groups -OCH3 is 1. The average molecular weight is 261 g/mol. The summed E-state index contributed by atoms with van der Waals surface area (Å²) in [7, 11) is 1.65. The van der Waals surface area contributed by atoms with Gasteiger partial charge in [0.2, 0.25) is 0 Å². The summed E-state index contributed by atoms with van der Waals surface area (Å²) in [6.45, 7) is 7.67. The molecule has 19 heavy (non-hydrogen) atoms. The van der Waals surface area contributed by atoms with Gasteiger partial charge in [-0.3, -0.25) is 0 Å². The minimum absolute atomic E-state index is 0.0655. The summed E-state index contributed by atoms with van der Waals surface area (Å²) < 4.78 is 10.9. The predicted octanol–water partition coefficient (Wildman–Crippen LogP) is 2.99. The van der Waals surface area contributed by atoms with Gasteiger partial charge in [-0.25, -0.2) is 0 Å². The van der Waals surface area contributed by atoms with Crippen LogP contribution in [-0.2, 0) is 6.54 Å². The van der Waals surface area contributed by atoms with Crippen LogP contribution in [0, 0.1) is 12.3 Å². The van der Waals surface area contributed by atoms with E-state index in [0.717, 1.165) is 23.6 Å². The zero-order valence-corrected chi connectivity index (χ0v) is 12.2. The quantitative estimate of drug-likeness (QED) is 0.631. The van der Waals surface area contributed by atoms with Crippen LogP contribution in [0.4, 0.5) is 0 Å². The molecule has 0 amide bonds. The molecule has 0 bridgehead atoms. The molecular weight excluding hydrogens is 238 g/mol. The van der Waals surface area contributed by atoms with E-state index < -0.39 is 0 Å². The van der Waals surface area contributed by atoms with Gasteiger partial charge in [-0.1, -0.05) is 6.07 Å². The van der Waals surface area contributed by atoms with Crippen molar-refractivity contribution in [3.05, 3.63) is 23.8 Å². The van der Waals surface area contributed by atoms with Crippen LogP contribution in [0.25, 0.3) is 0 Å². The third-order valence-electron chi connectivity index (χ3n) is 2.59. The second-order valence-corrected chi connectivity index (χ2v) is 5.38. The number of hydrogen-bond acceptors (Lipinski definition) is 3. The van der Waals surface area contributed by atoms with Gasteiger partial charge in [0.05, 0.1) is 13.7 Å². The zero-order chi connectivity index (χ0) is 14.3. The highest BCUT2D eigenvalue weighted by molar-refractivity contribution is 5.40. The van der Waals surface area contributed by atoms with Crippen LogP contribution in [0.3, 0.4) is 0 Å². The minimum atomic E-state index is 0.0655. The van der Waals surface area contributed by atoms with Crippen molar-refractivity contribution in [3.63, 3.8) is 0 Å². The Morgan fingerprint density at radius 1 is 1.32 bits per heavy atom. The molecule has 104 valence electrons. The van der Waals surface area contributed by atoms with E-state index in [1.54, 1.807) is 7.11 Å². The van der Waals surface area contributed by atoms with Crippen LogP contribution >= 0.6 is 0 Å². The molecule has 0 aliphatic carbocycles. The van der Waals surface area contributed by atoms with E-state index >= 15 is 0 Å². The molecule has 0 fully saturated rings. The van der Waals surface area contributed by atoms with Crippen molar-refractivity contribution in [2.24, 2.45) is 0 Å². The molecule has 1 N–H and O–H groups in total. The molecule has 0 aliphatic rings. The second kappa shape index (κ2) is 7.06. The van der Waals surface area contributed by atoms with Crippen molar-refractivity contribution in [2.45, 2.75) is 39.3 Å². The SMILES string of the molecule is C#CCCOc1cc(OC)ccc1CNC(C)(C)C. The van der Waals surface area contributed by atoms with Crippen LogP contribution in [0.1, 0.15) is 32.8 Å². The van der Waals surface area contributed by atoms with E-state index in [4.69, 9.17) is 15.9 Å². The Balaban J connectivity index is 2.80. The maximum Gasteiger partial charge on any atom is 0.127 e. The highest BCUT2D eigenvalue weighted by atomic mass is 16.5. The average Bonchev–Trinajstić information content (AvgIpc) is 2.36. The van der Waals surface area contributed by atoms with Crippen molar-refractivity contribution < 1.29 is 9.47 Å². The molecule has 1 rings (SSSR count). The Morgan fingerprint density at radius 2 is 2.05 bits per heavy atom. The fraction of sp³-hybridized carbons (Fsp3) is 0.500. The molecule has 0 radical (unpaired) electrons. The van der Waals surface area contributed by atoms with E-state index in [0.29, 0.717) is 13.0 Å². The Labute approximate surface area is 116 Å². The first kappa shape index (κ1) is 15.4. The lowest BCUT2D eigenvalue weighted by Gasteiger charge is -2.22. The van der Waals surface area contributed by atoms with Crippen molar-refractivity contribution >= 4 is 0 Å². The largest absolute Gasteiger partial charge is 0.497 e. The van der Waals surface area contributed by atoms with Crippen LogP contribution in [0.15, 0.2) is 18.2 Å². The molecule has 1 aromatic carbocycles. The lowest BCUT2D eigenvalue weighted by Crippen LogP contribution is -2.35. The molecular formula is C16H23NO2.